The van der Waals surface area contributed by atoms with Crippen LogP contribution in [0.5, 0.6) is 0 Å². The van der Waals surface area contributed by atoms with Gasteiger partial charge in [0.25, 0.3) is 0 Å². The molecule has 2 rings (SSSR count). The van der Waals surface area contributed by atoms with Crippen molar-refractivity contribution >= 4 is 11.6 Å². The number of unbranched alkanes of at least 4 members (excludes halogenated alkanes) is 1. The summed E-state index contributed by atoms with van der Waals surface area (Å²) >= 11 is 0. The summed E-state index contributed by atoms with van der Waals surface area (Å²) in [6.45, 7) is 1.90. The first kappa shape index (κ1) is 19.7. The number of guanidine groups is 1. The molecule has 0 spiro atoms. The molecule has 0 bridgehead atoms. The van der Waals surface area contributed by atoms with Gasteiger partial charge in [-0.15, -0.1) is 0 Å². The number of hydrogen-bond donors (Lipinski definition) is 2. The Labute approximate surface area is 153 Å². The molecule has 26 heavy (non-hydrogen) atoms. The molecule has 0 amide bonds. The minimum absolute atomic E-state index is 0.181. The Kier molecular flexibility index (Phi) is 7.86. The quantitative estimate of drug-likeness (QED) is 0.430. The lowest BCUT2D eigenvalue weighted by molar-refractivity contribution is 0.580. The van der Waals surface area contributed by atoms with Crippen LogP contribution in [0.2, 0.25) is 0 Å². The van der Waals surface area contributed by atoms with Gasteiger partial charge >= 0.3 is 0 Å². The van der Waals surface area contributed by atoms with Crippen molar-refractivity contribution in [3.8, 4) is 0 Å². The molecule has 6 heteroatoms. The Morgan fingerprint density at radius 2 is 1.81 bits per heavy atom. The van der Waals surface area contributed by atoms with Gasteiger partial charge in [0.2, 0.25) is 0 Å². The monoisotopic (exact) mass is 360 g/mol. The second-order valence-corrected chi connectivity index (χ2v) is 6.05. The summed E-state index contributed by atoms with van der Waals surface area (Å²) in [5.74, 6) is -0.308. The first-order valence-electron chi connectivity index (χ1n) is 8.75. The standard InChI is InChI=1S/C20H26F2N4/c1-23-20(25-15-16-14-17(21)10-11-19(16)22)24-12-6-7-13-26(2)18-8-4-3-5-9-18/h3-5,8-11,14H,6-7,12-13,15H2,1-2H3,(H2,23,24,25). The minimum Gasteiger partial charge on any atom is -0.375 e. The van der Waals surface area contributed by atoms with Crippen LogP contribution in [0.4, 0.5) is 14.5 Å². The maximum Gasteiger partial charge on any atom is 0.191 e. The molecule has 0 aliphatic heterocycles. The number of nitrogens with zero attached hydrogens (tertiary/aromatic N) is 2. The maximum absolute atomic E-state index is 13.6. The summed E-state index contributed by atoms with van der Waals surface area (Å²) in [5.41, 5.74) is 1.48. The number of benzene rings is 2. The first-order chi connectivity index (χ1) is 12.6. The van der Waals surface area contributed by atoms with Crippen molar-refractivity contribution in [2.45, 2.75) is 19.4 Å². The molecule has 0 saturated heterocycles. The number of para-hydroxylation sites is 1. The molecular weight excluding hydrogens is 334 g/mol. The number of halogens is 2. The number of anilines is 1. The van der Waals surface area contributed by atoms with Crippen molar-refractivity contribution < 1.29 is 8.78 Å². The van der Waals surface area contributed by atoms with E-state index < -0.39 is 11.6 Å². The molecule has 0 saturated carbocycles. The fraction of sp³-hybridized carbons (Fsp3) is 0.350. The molecule has 2 N–H and O–H groups in total. The maximum atomic E-state index is 13.6. The Balaban J connectivity index is 1.67. The molecule has 0 aliphatic rings. The molecule has 0 atom stereocenters. The van der Waals surface area contributed by atoms with Crippen LogP contribution in [0.1, 0.15) is 18.4 Å². The highest BCUT2D eigenvalue weighted by Crippen LogP contribution is 2.11. The minimum atomic E-state index is -0.450. The first-order valence-corrected chi connectivity index (χ1v) is 8.75. The summed E-state index contributed by atoms with van der Waals surface area (Å²) in [6.07, 6.45) is 2.01. The third-order valence-corrected chi connectivity index (χ3v) is 4.09. The van der Waals surface area contributed by atoms with Gasteiger partial charge in [-0.3, -0.25) is 4.99 Å². The normalized spacial score (nSPS) is 11.3. The fourth-order valence-corrected chi connectivity index (χ4v) is 2.57. The van der Waals surface area contributed by atoms with Crippen LogP contribution in [0.25, 0.3) is 0 Å². The average molecular weight is 360 g/mol. The summed E-state index contributed by atoms with van der Waals surface area (Å²) in [4.78, 5) is 6.33. The van der Waals surface area contributed by atoms with Crippen molar-refractivity contribution in [3.63, 3.8) is 0 Å². The molecular formula is C20H26F2N4. The van der Waals surface area contributed by atoms with Crippen molar-refractivity contribution in [1.82, 2.24) is 10.6 Å². The number of rotatable bonds is 8. The largest absolute Gasteiger partial charge is 0.375 e. The van der Waals surface area contributed by atoms with E-state index in [0.29, 0.717) is 5.96 Å². The zero-order chi connectivity index (χ0) is 18.8. The third-order valence-electron chi connectivity index (χ3n) is 4.09. The number of hydrogen-bond acceptors (Lipinski definition) is 2. The van der Waals surface area contributed by atoms with Crippen LogP contribution in [0.15, 0.2) is 53.5 Å². The van der Waals surface area contributed by atoms with Crippen LogP contribution >= 0.6 is 0 Å². The average Bonchev–Trinajstić information content (AvgIpc) is 2.67. The highest BCUT2D eigenvalue weighted by molar-refractivity contribution is 5.79. The smallest absolute Gasteiger partial charge is 0.191 e. The summed E-state index contributed by atoms with van der Waals surface area (Å²) in [7, 11) is 3.73. The van der Waals surface area contributed by atoms with Crippen LogP contribution < -0.4 is 15.5 Å². The van der Waals surface area contributed by atoms with E-state index in [2.05, 4.69) is 39.7 Å². The van der Waals surface area contributed by atoms with Gasteiger partial charge in [0.1, 0.15) is 11.6 Å². The number of aliphatic imine (C=N–C) groups is 1. The number of nitrogens with one attached hydrogen (secondary N) is 2. The predicted octanol–water partition coefficient (Wildman–Crippen LogP) is 3.55. The summed E-state index contributed by atoms with van der Waals surface area (Å²) < 4.78 is 26.8. The summed E-state index contributed by atoms with van der Waals surface area (Å²) in [6, 6.07) is 13.7. The zero-order valence-corrected chi connectivity index (χ0v) is 15.3. The van der Waals surface area contributed by atoms with Gasteiger partial charge in [0.05, 0.1) is 0 Å². The molecule has 0 unspecified atom stereocenters. The van der Waals surface area contributed by atoms with Gasteiger partial charge in [-0.1, -0.05) is 18.2 Å². The van der Waals surface area contributed by atoms with E-state index in [-0.39, 0.29) is 12.1 Å². The lowest BCUT2D eigenvalue weighted by Gasteiger charge is -2.19. The molecule has 0 radical (unpaired) electrons. The van der Waals surface area contributed by atoms with Crippen LogP contribution in [-0.4, -0.2) is 33.1 Å². The molecule has 0 aliphatic carbocycles. The van der Waals surface area contributed by atoms with E-state index in [1.807, 2.05) is 18.2 Å². The molecule has 2 aromatic carbocycles. The lowest BCUT2D eigenvalue weighted by Crippen LogP contribution is -2.37. The molecule has 0 fully saturated rings. The van der Waals surface area contributed by atoms with Crippen LogP contribution in [-0.2, 0) is 6.54 Å². The van der Waals surface area contributed by atoms with Gasteiger partial charge in [0.15, 0.2) is 5.96 Å². The van der Waals surface area contributed by atoms with Crippen molar-refractivity contribution in [1.29, 1.82) is 0 Å². The SMILES string of the molecule is CN=C(NCCCCN(C)c1ccccc1)NCc1cc(F)ccc1F. The molecule has 0 heterocycles. The Hall–Kier alpha value is -2.63. The van der Waals surface area contributed by atoms with E-state index in [4.69, 9.17) is 0 Å². The van der Waals surface area contributed by atoms with Crippen molar-refractivity contribution in [2.24, 2.45) is 4.99 Å². The molecule has 140 valence electrons. The summed E-state index contributed by atoms with van der Waals surface area (Å²) in [5, 5.41) is 6.19. The zero-order valence-electron chi connectivity index (χ0n) is 15.3. The topological polar surface area (TPSA) is 39.7 Å². The van der Waals surface area contributed by atoms with Gasteiger partial charge in [-0.05, 0) is 43.2 Å². The molecule has 4 nitrogen and oxygen atoms in total. The van der Waals surface area contributed by atoms with E-state index in [1.54, 1.807) is 7.05 Å². The highest BCUT2D eigenvalue weighted by Gasteiger charge is 2.05. The van der Waals surface area contributed by atoms with Gasteiger partial charge in [-0.25, -0.2) is 8.78 Å². The van der Waals surface area contributed by atoms with Gasteiger partial charge in [0, 0.05) is 45.0 Å². The van der Waals surface area contributed by atoms with Gasteiger partial charge in [-0.2, -0.15) is 0 Å². The van der Waals surface area contributed by atoms with Crippen molar-refractivity contribution in [2.75, 3.05) is 32.1 Å². The fourth-order valence-electron chi connectivity index (χ4n) is 2.57. The van der Waals surface area contributed by atoms with Crippen LogP contribution in [0.3, 0.4) is 0 Å². The van der Waals surface area contributed by atoms with Crippen molar-refractivity contribution in [3.05, 3.63) is 65.7 Å². The third kappa shape index (κ3) is 6.35. The molecule has 0 aromatic heterocycles. The Bertz CT molecular complexity index is 704. The second kappa shape index (κ2) is 10.4. The van der Waals surface area contributed by atoms with E-state index >= 15 is 0 Å². The van der Waals surface area contributed by atoms with E-state index in [1.165, 1.54) is 11.8 Å². The van der Waals surface area contributed by atoms with Gasteiger partial charge < -0.3 is 15.5 Å². The second-order valence-electron chi connectivity index (χ2n) is 6.05. The Morgan fingerprint density at radius 1 is 1.04 bits per heavy atom. The highest BCUT2D eigenvalue weighted by atomic mass is 19.1. The van der Waals surface area contributed by atoms with E-state index in [0.717, 1.165) is 38.1 Å². The predicted molar refractivity (Wildman–Crippen MR) is 104 cm³/mol. The molecule has 2 aromatic rings. The van der Waals surface area contributed by atoms with Crippen LogP contribution in [0, 0.1) is 11.6 Å². The van der Waals surface area contributed by atoms with E-state index in [9.17, 15) is 8.78 Å². The lowest BCUT2D eigenvalue weighted by atomic mass is 10.2. The Morgan fingerprint density at radius 3 is 2.54 bits per heavy atom.